The van der Waals surface area contributed by atoms with Crippen molar-refractivity contribution < 1.29 is 4.79 Å². The van der Waals surface area contributed by atoms with E-state index in [9.17, 15) is 4.79 Å². The number of aromatic nitrogens is 2. The van der Waals surface area contributed by atoms with Gasteiger partial charge in [0.25, 0.3) is 0 Å². The predicted octanol–water partition coefficient (Wildman–Crippen LogP) is 2.83. The van der Waals surface area contributed by atoms with E-state index in [4.69, 9.17) is 0 Å². The van der Waals surface area contributed by atoms with Gasteiger partial charge in [-0.05, 0) is 24.7 Å². The molecule has 0 spiro atoms. The lowest BCUT2D eigenvalue weighted by Gasteiger charge is -2.31. The van der Waals surface area contributed by atoms with Crippen LogP contribution in [0, 0.1) is 0 Å². The molecule has 6 nitrogen and oxygen atoms in total. The summed E-state index contributed by atoms with van der Waals surface area (Å²) < 4.78 is 0. The van der Waals surface area contributed by atoms with E-state index in [1.165, 1.54) is 16.7 Å². The smallest absolute Gasteiger partial charge is 0.238 e. The topological polar surface area (TPSA) is 64.3 Å². The van der Waals surface area contributed by atoms with Gasteiger partial charge in [-0.2, -0.15) is 5.10 Å². The number of amides is 1. The van der Waals surface area contributed by atoms with E-state index < -0.39 is 0 Å². The molecule has 1 aliphatic carbocycles. The zero-order valence-electron chi connectivity index (χ0n) is 16.6. The van der Waals surface area contributed by atoms with Gasteiger partial charge in [-0.3, -0.25) is 14.8 Å². The molecule has 0 saturated carbocycles. The third kappa shape index (κ3) is 3.57. The van der Waals surface area contributed by atoms with Gasteiger partial charge in [0.05, 0.1) is 17.9 Å². The Morgan fingerprint density at radius 2 is 1.90 bits per heavy atom. The third-order valence-electron chi connectivity index (χ3n) is 5.90. The van der Waals surface area contributed by atoms with Crippen molar-refractivity contribution in [2.75, 3.05) is 45.1 Å². The van der Waals surface area contributed by atoms with Crippen molar-refractivity contribution in [3.8, 4) is 22.5 Å². The van der Waals surface area contributed by atoms with Crippen LogP contribution in [0.25, 0.3) is 22.5 Å². The van der Waals surface area contributed by atoms with Gasteiger partial charge in [-0.15, -0.1) is 0 Å². The minimum Gasteiger partial charge on any atom is -0.325 e. The highest BCUT2D eigenvalue weighted by Gasteiger charge is 2.25. The summed E-state index contributed by atoms with van der Waals surface area (Å²) in [6.45, 7) is 4.37. The van der Waals surface area contributed by atoms with E-state index in [2.05, 4.69) is 56.6 Å². The Balaban J connectivity index is 1.29. The highest BCUT2D eigenvalue weighted by molar-refractivity contribution is 5.93. The van der Waals surface area contributed by atoms with Crippen LogP contribution in [0.2, 0.25) is 0 Å². The number of hydrogen-bond donors (Lipinski definition) is 2. The van der Waals surface area contributed by atoms with E-state index in [0.29, 0.717) is 6.54 Å². The van der Waals surface area contributed by atoms with Crippen molar-refractivity contribution >= 4 is 11.6 Å². The predicted molar refractivity (Wildman–Crippen MR) is 115 cm³/mol. The van der Waals surface area contributed by atoms with Crippen molar-refractivity contribution in [1.82, 2.24) is 20.0 Å². The summed E-state index contributed by atoms with van der Waals surface area (Å²) in [6, 6.07) is 16.4. The standard InChI is InChI=1S/C23H25N5O/c1-27-9-11-28(12-10-27)15-21(29)24-18-7-8-19-17(13-18)14-20-22(25-26-23(19)20)16-5-3-2-4-6-16/h2-8,13H,9-12,14-15H2,1H3,(H,24,29)(H,25,26). The van der Waals surface area contributed by atoms with Gasteiger partial charge in [0.15, 0.2) is 0 Å². The first-order chi connectivity index (χ1) is 14.2. The number of H-pyrrole nitrogens is 1. The second kappa shape index (κ2) is 7.46. The van der Waals surface area contributed by atoms with Gasteiger partial charge in [0.2, 0.25) is 5.91 Å². The number of nitrogens with one attached hydrogen (secondary N) is 2. The fraction of sp³-hybridized carbons (Fsp3) is 0.304. The van der Waals surface area contributed by atoms with Crippen LogP contribution >= 0.6 is 0 Å². The van der Waals surface area contributed by atoms with Crippen LogP contribution in [-0.2, 0) is 11.2 Å². The largest absolute Gasteiger partial charge is 0.325 e. The van der Waals surface area contributed by atoms with Crippen LogP contribution in [0.1, 0.15) is 11.1 Å². The van der Waals surface area contributed by atoms with E-state index in [0.717, 1.165) is 55.2 Å². The Kier molecular flexibility index (Phi) is 4.66. The lowest BCUT2D eigenvalue weighted by atomic mass is 10.1. The van der Waals surface area contributed by atoms with Crippen LogP contribution in [0.4, 0.5) is 5.69 Å². The molecule has 1 amide bonds. The van der Waals surface area contributed by atoms with E-state index >= 15 is 0 Å². The molecule has 6 heteroatoms. The molecule has 1 saturated heterocycles. The number of benzene rings is 2. The van der Waals surface area contributed by atoms with Crippen LogP contribution in [-0.4, -0.2) is 65.7 Å². The lowest BCUT2D eigenvalue weighted by Crippen LogP contribution is -2.47. The number of likely N-dealkylation sites (N-methyl/N-ethyl adjacent to an activating group) is 1. The van der Waals surface area contributed by atoms with Crippen LogP contribution in [0.3, 0.4) is 0 Å². The molecule has 1 fully saturated rings. The molecule has 1 aromatic heterocycles. The molecule has 5 rings (SSSR count). The maximum Gasteiger partial charge on any atom is 0.238 e. The van der Waals surface area contributed by atoms with E-state index in [-0.39, 0.29) is 5.91 Å². The molecule has 0 unspecified atom stereocenters. The molecule has 2 N–H and O–H groups in total. The number of carbonyl (C=O) groups excluding carboxylic acids is 1. The maximum atomic E-state index is 12.5. The maximum absolute atomic E-state index is 12.5. The number of rotatable bonds is 4. The Morgan fingerprint density at radius 3 is 2.69 bits per heavy atom. The highest BCUT2D eigenvalue weighted by Crippen LogP contribution is 2.40. The molecule has 2 heterocycles. The first kappa shape index (κ1) is 18.1. The molecule has 2 aliphatic rings. The third-order valence-corrected chi connectivity index (χ3v) is 5.90. The highest BCUT2D eigenvalue weighted by atomic mass is 16.2. The summed E-state index contributed by atoms with van der Waals surface area (Å²) in [4.78, 5) is 17.0. The van der Waals surface area contributed by atoms with E-state index in [1.54, 1.807) is 0 Å². The van der Waals surface area contributed by atoms with Gasteiger partial charge in [-0.1, -0.05) is 36.4 Å². The molecular weight excluding hydrogens is 362 g/mol. The summed E-state index contributed by atoms with van der Waals surface area (Å²) in [5.74, 6) is 0.0534. The summed E-state index contributed by atoms with van der Waals surface area (Å²) in [7, 11) is 2.12. The van der Waals surface area contributed by atoms with Crippen molar-refractivity contribution in [1.29, 1.82) is 0 Å². The number of piperazine rings is 1. The Labute approximate surface area is 170 Å². The molecule has 0 bridgehead atoms. The first-order valence-corrected chi connectivity index (χ1v) is 10.1. The van der Waals surface area contributed by atoms with Crippen molar-refractivity contribution in [3.63, 3.8) is 0 Å². The fourth-order valence-electron chi connectivity index (χ4n) is 4.26. The zero-order valence-corrected chi connectivity index (χ0v) is 16.6. The van der Waals surface area contributed by atoms with Gasteiger partial charge < -0.3 is 10.2 Å². The lowest BCUT2D eigenvalue weighted by molar-refractivity contribution is -0.117. The molecule has 29 heavy (non-hydrogen) atoms. The quantitative estimate of drug-likeness (QED) is 0.565. The zero-order chi connectivity index (χ0) is 19.8. The second-order valence-electron chi connectivity index (χ2n) is 7.97. The molecule has 3 aromatic rings. The van der Waals surface area contributed by atoms with Crippen molar-refractivity contribution in [2.45, 2.75) is 6.42 Å². The number of aromatic amines is 1. The van der Waals surface area contributed by atoms with Gasteiger partial charge in [0, 0.05) is 55.0 Å². The second-order valence-corrected chi connectivity index (χ2v) is 7.97. The van der Waals surface area contributed by atoms with Gasteiger partial charge in [-0.25, -0.2) is 0 Å². The first-order valence-electron chi connectivity index (χ1n) is 10.1. The summed E-state index contributed by atoms with van der Waals surface area (Å²) in [5.41, 5.74) is 7.72. The van der Waals surface area contributed by atoms with Crippen LogP contribution in [0.5, 0.6) is 0 Å². The van der Waals surface area contributed by atoms with E-state index in [1.807, 2.05) is 24.3 Å². The summed E-state index contributed by atoms with van der Waals surface area (Å²) in [5, 5.41) is 10.8. The molecule has 0 atom stereocenters. The number of hydrogen-bond acceptors (Lipinski definition) is 4. The molecule has 1 aliphatic heterocycles. The van der Waals surface area contributed by atoms with Gasteiger partial charge in [0.1, 0.15) is 0 Å². The Hall–Kier alpha value is -2.96. The molecule has 2 aromatic carbocycles. The molecule has 0 radical (unpaired) electrons. The average molecular weight is 387 g/mol. The van der Waals surface area contributed by atoms with Crippen LogP contribution < -0.4 is 5.32 Å². The number of fused-ring (bicyclic) bond motifs is 3. The molecular formula is C23H25N5O. The summed E-state index contributed by atoms with van der Waals surface area (Å²) >= 11 is 0. The number of carbonyl (C=O) groups is 1. The Bertz CT molecular complexity index is 1030. The normalized spacial score (nSPS) is 16.4. The molecule has 148 valence electrons. The number of nitrogens with zero attached hydrogens (tertiary/aromatic N) is 3. The SMILES string of the molecule is CN1CCN(CC(=O)Nc2ccc3c(c2)Cc2c(-c4ccccc4)n[nH]c2-3)CC1. The summed E-state index contributed by atoms with van der Waals surface area (Å²) in [6.07, 6.45) is 0.827. The fourth-order valence-corrected chi connectivity index (χ4v) is 4.26. The Morgan fingerprint density at radius 1 is 1.10 bits per heavy atom. The minimum absolute atomic E-state index is 0.0534. The van der Waals surface area contributed by atoms with Gasteiger partial charge >= 0.3 is 0 Å². The minimum atomic E-state index is 0.0534. The van der Waals surface area contributed by atoms with Crippen molar-refractivity contribution in [2.24, 2.45) is 0 Å². The average Bonchev–Trinajstić information content (AvgIpc) is 3.29. The number of anilines is 1. The monoisotopic (exact) mass is 387 g/mol. The van der Waals surface area contributed by atoms with Crippen molar-refractivity contribution in [3.05, 3.63) is 59.7 Å². The van der Waals surface area contributed by atoms with Crippen LogP contribution in [0.15, 0.2) is 48.5 Å².